The molecule has 0 aliphatic carbocycles. The van der Waals surface area contributed by atoms with Crippen molar-refractivity contribution < 1.29 is 4.79 Å². The number of nitrogen functional groups attached to an aromatic ring is 1. The Morgan fingerprint density at radius 3 is 2.60 bits per heavy atom. The molecule has 1 aliphatic heterocycles. The fourth-order valence-corrected chi connectivity index (χ4v) is 4.05. The Labute approximate surface area is 173 Å². The Balaban J connectivity index is 1.93. The lowest BCUT2D eigenvalue weighted by molar-refractivity contribution is 0.1000. The lowest BCUT2D eigenvalue weighted by Gasteiger charge is -2.34. The van der Waals surface area contributed by atoms with E-state index in [4.69, 9.17) is 16.5 Å². The highest BCUT2D eigenvalue weighted by atomic mass is 16.2. The Morgan fingerprint density at radius 2 is 1.97 bits per heavy atom. The van der Waals surface area contributed by atoms with Gasteiger partial charge in [0.1, 0.15) is 11.4 Å². The molecule has 1 saturated heterocycles. The number of amides is 1. The van der Waals surface area contributed by atoms with Gasteiger partial charge in [0, 0.05) is 24.5 Å². The van der Waals surface area contributed by atoms with Crippen molar-refractivity contribution >= 4 is 34.4 Å². The number of nitrogens with two attached hydrogens (primary N) is 2. The molecule has 0 bridgehead atoms. The van der Waals surface area contributed by atoms with E-state index in [0.29, 0.717) is 18.1 Å². The second-order valence-electron chi connectivity index (χ2n) is 7.29. The van der Waals surface area contributed by atoms with Gasteiger partial charge in [0.25, 0.3) is 5.91 Å². The molecule has 0 unspecified atom stereocenters. The number of carbonyl (C=O) groups excluding carboxylic acids is 1. The number of aryl methyl sites for hydroxylation is 1. The molecular formula is C21H25N7O2. The number of anilines is 3. The van der Waals surface area contributed by atoms with Crippen molar-refractivity contribution in [2.45, 2.75) is 32.4 Å². The van der Waals surface area contributed by atoms with Crippen LogP contribution in [-0.4, -0.2) is 39.6 Å². The zero-order valence-corrected chi connectivity index (χ0v) is 16.8. The van der Waals surface area contributed by atoms with Gasteiger partial charge in [-0.15, -0.1) is 0 Å². The summed E-state index contributed by atoms with van der Waals surface area (Å²) in [6, 6.07) is 10.2. The van der Waals surface area contributed by atoms with Gasteiger partial charge >= 0.3 is 0 Å². The minimum atomic E-state index is -0.855. The number of rotatable bonds is 5. The van der Waals surface area contributed by atoms with E-state index in [9.17, 15) is 9.59 Å². The number of para-hydroxylation sites is 1. The highest BCUT2D eigenvalue weighted by Gasteiger charge is 2.26. The van der Waals surface area contributed by atoms with Crippen molar-refractivity contribution in [3.63, 3.8) is 0 Å². The summed E-state index contributed by atoms with van der Waals surface area (Å²) in [6.45, 7) is 4.12. The van der Waals surface area contributed by atoms with Crippen LogP contribution in [0.15, 0.2) is 41.3 Å². The van der Waals surface area contributed by atoms with Crippen LogP contribution in [0.5, 0.6) is 0 Å². The molecule has 2 aromatic heterocycles. The number of nitrogens with one attached hydrogen (secondary N) is 1. The summed E-state index contributed by atoms with van der Waals surface area (Å²) in [6.07, 6.45) is 3.36. The minimum absolute atomic E-state index is 0.0280. The standard InChI is InChI=1S/C21H25N7O2/c1-2-27-18(22)16(19(23)30)17(29)15-12-25-21(26-20(15)27)28(13-6-4-3-5-7-13)14-8-10-24-11-9-14/h3-7,12,14,24H,2,8-11,22H2,1H3,(H2,23,30). The molecule has 0 spiro atoms. The molecule has 4 rings (SSSR count). The van der Waals surface area contributed by atoms with Crippen LogP contribution in [0.3, 0.4) is 0 Å². The highest BCUT2D eigenvalue weighted by molar-refractivity contribution is 6.00. The molecule has 1 amide bonds. The second-order valence-corrected chi connectivity index (χ2v) is 7.29. The molecule has 1 aliphatic rings. The predicted molar refractivity (Wildman–Crippen MR) is 117 cm³/mol. The first kappa shape index (κ1) is 19.8. The maximum absolute atomic E-state index is 12.8. The third-order valence-corrected chi connectivity index (χ3v) is 5.52. The summed E-state index contributed by atoms with van der Waals surface area (Å²) in [4.78, 5) is 36.0. The van der Waals surface area contributed by atoms with Gasteiger partial charge in [-0.1, -0.05) is 18.2 Å². The monoisotopic (exact) mass is 407 g/mol. The molecule has 1 fully saturated rings. The van der Waals surface area contributed by atoms with Crippen molar-refractivity contribution in [2.24, 2.45) is 5.73 Å². The molecular weight excluding hydrogens is 382 g/mol. The van der Waals surface area contributed by atoms with Gasteiger partial charge in [-0.25, -0.2) is 4.98 Å². The summed E-state index contributed by atoms with van der Waals surface area (Å²) in [5.74, 6) is -0.333. The van der Waals surface area contributed by atoms with Gasteiger partial charge in [-0.2, -0.15) is 4.98 Å². The number of aromatic nitrogens is 3. The van der Waals surface area contributed by atoms with Crippen LogP contribution in [0.1, 0.15) is 30.1 Å². The van der Waals surface area contributed by atoms with E-state index in [1.54, 1.807) is 4.57 Å². The van der Waals surface area contributed by atoms with E-state index in [2.05, 4.69) is 15.2 Å². The summed E-state index contributed by atoms with van der Waals surface area (Å²) < 4.78 is 1.63. The second kappa shape index (κ2) is 8.11. The van der Waals surface area contributed by atoms with Crippen LogP contribution in [0.4, 0.5) is 17.5 Å². The Kier molecular flexibility index (Phi) is 5.37. The molecule has 9 nitrogen and oxygen atoms in total. The molecule has 3 heterocycles. The Morgan fingerprint density at radius 1 is 1.27 bits per heavy atom. The molecule has 1 aromatic carbocycles. The van der Waals surface area contributed by atoms with Crippen LogP contribution in [0.25, 0.3) is 11.0 Å². The van der Waals surface area contributed by atoms with Gasteiger partial charge in [-0.3, -0.25) is 9.59 Å². The highest BCUT2D eigenvalue weighted by Crippen LogP contribution is 2.29. The third kappa shape index (κ3) is 3.37. The fourth-order valence-electron chi connectivity index (χ4n) is 4.05. The fraction of sp³-hybridized carbons (Fsp3) is 0.333. The van der Waals surface area contributed by atoms with Gasteiger partial charge in [0.15, 0.2) is 5.65 Å². The predicted octanol–water partition coefficient (Wildman–Crippen LogP) is 1.38. The van der Waals surface area contributed by atoms with Crippen LogP contribution >= 0.6 is 0 Å². The van der Waals surface area contributed by atoms with Gasteiger partial charge < -0.3 is 26.3 Å². The lowest BCUT2D eigenvalue weighted by Crippen LogP contribution is -2.41. The van der Waals surface area contributed by atoms with E-state index >= 15 is 0 Å². The smallest absolute Gasteiger partial charge is 0.256 e. The van der Waals surface area contributed by atoms with Crippen molar-refractivity contribution in [3.05, 3.63) is 52.3 Å². The first-order chi connectivity index (χ1) is 14.5. The van der Waals surface area contributed by atoms with Crippen LogP contribution < -0.4 is 27.1 Å². The van der Waals surface area contributed by atoms with Crippen molar-refractivity contribution in [1.82, 2.24) is 19.9 Å². The Bertz CT molecular complexity index is 1140. The third-order valence-electron chi connectivity index (χ3n) is 5.52. The number of hydrogen-bond acceptors (Lipinski definition) is 7. The maximum Gasteiger partial charge on any atom is 0.256 e. The molecule has 5 N–H and O–H groups in total. The van der Waals surface area contributed by atoms with Crippen LogP contribution in [0, 0.1) is 0 Å². The summed E-state index contributed by atoms with van der Waals surface area (Å²) >= 11 is 0. The molecule has 9 heteroatoms. The van der Waals surface area contributed by atoms with Crippen LogP contribution in [-0.2, 0) is 6.54 Å². The number of carbonyl (C=O) groups is 1. The van der Waals surface area contributed by atoms with Crippen molar-refractivity contribution in [3.8, 4) is 0 Å². The number of benzene rings is 1. The number of hydrogen-bond donors (Lipinski definition) is 3. The molecule has 156 valence electrons. The van der Waals surface area contributed by atoms with Gasteiger partial charge in [-0.05, 0) is 45.0 Å². The Hall–Kier alpha value is -3.46. The topological polar surface area (TPSA) is 132 Å². The molecule has 0 saturated carbocycles. The SMILES string of the molecule is CCn1c(N)c(C(N)=O)c(=O)c2cnc(N(c3ccccc3)C3CCNCC3)nc21. The van der Waals surface area contributed by atoms with E-state index in [1.165, 1.54) is 6.20 Å². The molecule has 30 heavy (non-hydrogen) atoms. The van der Waals surface area contributed by atoms with E-state index in [-0.39, 0.29) is 22.8 Å². The molecule has 0 atom stereocenters. The first-order valence-corrected chi connectivity index (χ1v) is 10.1. The maximum atomic E-state index is 12.8. The number of pyridine rings is 1. The van der Waals surface area contributed by atoms with Crippen LogP contribution in [0.2, 0.25) is 0 Å². The van der Waals surface area contributed by atoms with E-state index in [1.807, 2.05) is 37.3 Å². The molecule has 0 radical (unpaired) electrons. The average Bonchev–Trinajstić information content (AvgIpc) is 2.75. The number of piperidine rings is 1. The lowest BCUT2D eigenvalue weighted by atomic mass is 10.0. The normalized spacial score (nSPS) is 14.7. The zero-order valence-electron chi connectivity index (χ0n) is 16.8. The van der Waals surface area contributed by atoms with Gasteiger partial charge in [0.05, 0.1) is 5.39 Å². The summed E-state index contributed by atoms with van der Waals surface area (Å²) in [7, 11) is 0. The summed E-state index contributed by atoms with van der Waals surface area (Å²) in [5, 5.41) is 3.60. The zero-order chi connectivity index (χ0) is 21.3. The largest absolute Gasteiger partial charge is 0.384 e. The number of nitrogens with zero attached hydrogens (tertiary/aromatic N) is 4. The van der Waals surface area contributed by atoms with E-state index < -0.39 is 11.3 Å². The van der Waals surface area contributed by atoms with E-state index in [0.717, 1.165) is 31.6 Å². The first-order valence-electron chi connectivity index (χ1n) is 10.1. The van der Waals surface area contributed by atoms with Gasteiger partial charge in [0.2, 0.25) is 11.4 Å². The quantitative estimate of drug-likeness (QED) is 0.582. The molecule has 3 aromatic rings. The average molecular weight is 407 g/mol. The minimum Gasteiger partial charge on any atom is -0.384 e. The number of primary amides is 1. The summed E-state index contributed by atoms with van der Waals surface area (Å²) in [5.41, 5.74) is 12.1. The van der Waals surface area contributed by atoms with Crippen molar-refractivity contribution in [2.75, 3.05) is 23.7 Å². The number of fused-ring (bicyclic) bond motifs is 1. The van der Waals surface area contributed by atoms with Crippen molar-refractivity contribution in [1.29, 1.82) is 0 Å².